The SMILES string of the molecule is COCCOc1cccc(-c2cc(-c3ccc(N(C)C)cc3)nc3ncnc(N)c23)c1. The predicted octanol–water partition coefficient (Wildman–Crippen LogP) is 4.03. The maximum absolute atomic E-state index is 6.23. The van der Waals surface area contributed by atoms with Crippen molar-refractivity contribution < 1.29 is 9.47 Å². The van der Waals surface area contributed by atoms with E-state index < -0.39 is 0 Å². The number of nitrogen functional groups attached to an aromatic ring is 1. The molecule has 0 atom stereocenters. The molecule has 2 N–H and O–H groups in total. The molecule has 2 heterocycles. The Bertz CT molecular complexity index is 1190. The lowest BCUT2D eigenvalue weighted by Gasteiger charge is -2.14. The van der Waals surface area contributed by atoms with E-state index in [0.29, 0.717) is 24.7 Å². The fraction of sp³-hybridized carbons (Fsp3) is 0.208. The first-order valence-corrected chi connectivity index (χ1v) is 9.98. The van der Waals surface area contributed by atoms with Crippen molar-refractivity contribution in [1.29, 1.82) is 0 Å². The van der Waals surface area contributed by atoms with Crippen LogP contribution in [0.4, 0.5) is 11.5 Å². The third-order valence-corrected chi connectivity index (χ3v) is 5.01. The minimum absolute atomic E-state index is 0.396. The molecule has 0 bridgehead atoms. The maximum Gasteiger partial charge on any atom is 0.165 e. The van der Waals surface area contributed by atoms with E-state index in [2.05, 4.69) is 39.1 Å². The number of ether oxygens (including phenoxy) is 2. The van der Waals surface area contributed by atoms with Crippen LogP contribution in [0.1, 0.15) is 0 Å². The second kappa shape index (κ2) is 8.97. The number of hydrogen-bond donors (Lipinski definition) is 1. The van der Waals surface area contributed by atoms with Gasteiger partial charge in [-0.05, 0) is 41.5 Å². The Morgan fingerprint density at radius 1 is 0.935 bits per heavy atom. The van der Waals surface area contributed by atoms with Crippen LogP contribution in [-0.2, 0) is 4.74 Å². The third-order valence-electron chi connectivity index (χ3n) is 5.01. The highest BCUT2D eigenvalue weighted by Gasteiger charge is 2.14. The van der Waals surface area contributed by atoms with E-state index in [-0.39, 0.29) is 0 Å². The van der Waals surface area contributed by atoms with Gasteiger partial charge in [-0.25, -0.2) is 15.0 Å². The van der Waals surface area contributed by atoms with Crippen molar-refractivity contribution in [3.05, 3.63) is 60.9 Å². The third kappa shape index (κ3) is 4.41. The molecule has 0 amide bonds. The highest BCUT2D eigenvalue weighted by atomic mass is 16.5. The van der Waals surface area contributed by atoms with Crippen LogP contribution < -0.4 is 15.4 Å². The van der Waals surface area contributed by atoms with Crippen molar-refractivity contribution in [3.8, 4) is 28.1 Å². The van der Waals surface area contributed by atoms with E-state index in [0.717, 1.165) is 39.2 Å². The molecular weight excluding hydrogens is 390 g/mol. The molecule has 0 aliphatic rings. The molecule has 0 spiro atoms. The fourth-order valence-electron chi connectivity index (χ4n) is 3.39. The number of pyridine rings is 1. The molecule has 0 aliphatic heterocycles. The Morgan fingerprint density at radius 2 is 1.74 bits per heavy atom. The van der Waals surface area contributed by atoms with Crippen LogP contribution in [0.25, 0.3) is 33.4 Å². The molecule has 31 heavy (non-hydrogen) atoms. The van der Waals surface area contributed by atoms with Crippen molar-refractivity contribution in [2.24, 2.45) is 0 Å². The Morgan fingerprint density at radius 3 is 2.48 bits per heavy atom. The van der Waals surface area contributed by atoms with Gasteiger partial charge in [0.05, 0.1) is 17.7 Å². The van der Waals surface area contributed by atoms with Crippen molar-refractivity contribution in [2.45, 2.75) is 0 Å². The summed E-state index contributed by atoms with van der Waals surface area (Å²) in [4.78, 5) is 15.4. The molecule has 0 aliphatic carbocycles. The highest BCUT2D eigenvalue weighted by molar-refractivity contribution is 6.01. The predicted molar refractivity (Wildman–Crippen MR) is 124 cm³/mol. The summed E-state index contributed by atoms with van der Waals surface area (Å²) in [7, 11) is 5.68. The molecule has 0 radical (unpaired) electrons. The van der Waals surface area contributed by atoms with Crippen molar-refractivity contribution >= 4 is 22.5 Å². The number of nitrogens with two attached hydrogens (primary N) is 1. The number of methoxy groups -OCH3 is 1. The number of hydrogen-bond acceptors (Lipinski definition) is 7. The van der Waals surface area contributed by atoms with Gasteiger partial charge in [-0.2, -0.15) is 0 Å². The van der Waals surface area contributed by atoms with Crippen molar-refractivity contribution in [2.75, 3.05) is 45.1 Å². The Hall–Kier alpha value is -3.71. The van der Waals surface area contributed by atoms with Crippen LogP contribution in [0.3, 0.4) is 0 Å². The first kappa shape index (κ1) is 20.6. The number of aromatic nitrogens is 3. The van der Waals surface area contributed by atoms with Gasteiger partial charge in [0, 0.05) is 32.5 Å². The zero-order chi connectivity index (χ0) is 21.8. The number of anilines is 2. The summed E-state index contributed by atoms with van der Waals surface area (Å²) in [6, 6.07) is 18.2. The van der Waals surface area contributed by atoms with Crippen LogP contribution in [-0.4, -0.2) is 49.4 Å². The van der Waals surface area contributed by atoms with Crippen LogP contribution >= 0.6 is 0 Å². The Labute approximate surface area is 181 Å². The zero-order valence-corrected chi connectivity index (χ0v) is 17.9. The van der Waals surface area contributed by atoms with Gasteiger partial charge >= 0.3 is 0 Å². The minimum atomic E-state index is 0.396. The van der Waals surface area contributed by atoms with Crippen LogP contribution in [0.15, 0.2) is 60.9 Å². The average Bonchev–Trinajstić information content (AvgIpc) is 2.79. The lowest BCUT2D eigenvalue weighted by Crippen LogP contribution is -2.08. The summed E-state index contributed by atoms with van der Waals surface area (Å²) in [5.41, 5.74) is 11.6. The second-order valence-electron chi connectivity index (χ2n) is 7.32. The van der Waals surface area contributed by atoms with Gasteiger partial charge in [0.1, 0.15) is 24.5 Å². The van der Waals surface area contributed by atoms with E-state index in [9.17, 15) is 0 Å². The molecule has 0 saturated carbocycles. The number of rotatable bonds is 7. The van der Waals surface area contributed by atoms with Crippen LogP contribution in [0, 0.1) is 0 Å². The lowest BCUT2D eigenvalue weighted by molar-refractivity contribution is 0.146. The van der Waals surface area contributed by atoms with Gasteiger partial charge in [-0.1, -0.05) is 24.3 Å². The van der Waals surface area contributed by atoms with Gasteiger partial charge in [-0.15, -0.1) is 0 Å². The molecule has 7 heteroatoms. The zero-order valence-electron chi connectivity index (χ0n) is 17.9. The second-order valence-corrected chi connectivity index (χ2v) is 7.32. The van der Waals surface area contributed by atoms with Gasteiger partial charge in [0.15, 0.2) is 5.65 Å². The monoisotopic (exact) mass is 415 g/mol. The van der Waals surface area contributed by atoms with E-state index in [1.54, 1.807) is 7.11 Å². The average molecular weight is 415 g/mol. The summed E-state index contributed by atoms with van der Waals surface area (Å²) >= 11 is 0. The number of fused-ring (bicyclic) bond motifs is 1. The molecule has 2 aromatic heterocycles. The molecule has 158 valence electrons. The normalized spacial score (nSPS) is 10.9. The van der Waals surface area contributed by atoms with Crippen molar-refractivity contribution in [1.82, 2.24) is 15.0 Å². The standard InChI is InChI=1S/C24H25N5O2/c1-29(2)18-9-7-16(8-10-18)21-14-20(22-23(25)26-15-27-24(22)28-21)17-5-4-6-19(13-17)31-12-11-30-3/h4-10,13-15H,11-12H2,1-3H3,(H2,25,26,27,28). The smallest absolute Gasteiger partial charge is 0.165 e. The minimum Gasteiger partial charge on any atom is -0.491 e. The van der Waals surface area contributed by atoms with E-state index >= 15 is 0 Å². The summed E-state index contributed by atoms with van der Waals surface area (Å²) in [6.07, 6.45) is 1.44. The molecule has 4 aromatic rings. The Kier molecular flexibility index (Phi) is 5.95. The number of benzene rings is 2. The van der Waals surface area contributed by atoms with Gasteiger partial charge in [0.25, 0.3) is 0 Å². The van der Waals surface area contributed by atoms with E-state index in [1.165, 1.54) is 6.33 Å². The summed E-state index contributed by atoms with van der Waals surface area (Å²) in [5.74, 6) is 1.15. The van der Waals surface area contributed by atoms with E-state index in [1.807, 2.05) is 44.4 Å². The first-order valence-electron chi connectivity index (χ1n) is 9.98. The number of nitrogens with zero attached hydrogens (tertiary/aromatic N) is 4. The van der Waals surface area contributed by atoms with Gasteiger partial charge in [0.2, 0.25) is 0 Å². The summed E-state index contributed by atoms with van der Waals surface area (Å²) in [5, 5.41) is 0.727. The molecule has 4 rings (SSSR count). The Balaban J connectivity index is 1.83. The molecule has 0 saturated heterocycles. The molecule has 2 aromatic carbocycles. The lowest BCUT2D eigenvalue weighted by atomic mass is 9.99. The largest absolute Gasteiger partial charge is 0.491 e. The van der Waals surface area contributed by atoms with Gasteiger partial charge in [-0.3, -0.25) is 0 Å². The summed E-state index contributed by atoms with van der Waals surface area (Å²) in [6.45, 7) is 1.00. The fourth-order valence-corrected chi connectivity index (χ4v) is 3.39. The molecule has 0 fully saturated rings. The topological polar surface area (TPSA) is 86.4 Å². The summed E-state index contributed by atoms with van der Waals surface area (Å²) < 4.78 is 10.9. The quantitative estimate of drug-likeness (QED) is 0.456. The molecule has 0 unspecified atom stereocenters. The van der Waals surface area contributed by atoms with Crippen LogP contribution in [0.2, 0.25) is 0 Å². The molecular formula is C24H25N5O2. The van der Waals surface area contributed by atoms with Crippen LogP contribution in [0.5, 0.6) is 5.75 Å². The first-order chi connectivity index (χ1) is 15.1. The highest BCUT2D eigenvalue weighted by Crippen LogP contribution is 2.35. The van der Waals surface area contributed by atoms with Gasteiger partial charge < -0.3 is 20.1 Å². The van der Waals surface area contributed by atoms with E-state index in [4.69, 9.17) is 20.2 Å². The molecule has 7 nitrogen and oxygen atoms in total. The van der Waals surface area contributed by atoms with Crippen molar-refractivity contribution in [3.63, 3.8) is 0 Å². The maximum atomic E-state index is 6.23.